The number of nitrogens with zero attached hydrogens (tertiary/aromatic N) is 1. The molecule has 3 rings (SSSR count). The Hall–Kier alpha value is -3.48. The first kappa shape index (κ1) is 19.3. The smallest absolute Gasteiger partial charge is 0.252 e. The van der Waals surface area contributed by atoms with Gasteiger partial charge in [-0.05, 0) is 42.3 Å². The first-order valence-electron chi connectivity index (χ1n) is 8.63. The monoisotopic (exact) mass is 383 g/mol. The lowest BCUT2D eigenvalue weighted by atomic mass is 10.1. The van der Waals surface area contributed by atoms with E-state index in [9.17, 15) is 13.6 Å². The second-order valence-corrected chi connectivity index (χ2v) is 6.07. The predicted octanol–water partition coefficient (Wildman–Crippen LogP) is 4.08. The van der Waals surface area contributed by atoms with E-state index in [2.05, 4.69) is 15.6 Å². The van der Waals surface area contributed by atoms with Gasteiger partial charge in [-0.25, -0.2) is 8.78 Å². The second kappa shape index (κ2) is 8.94. The van der Waals surface area contributed by atoms with Gasteiger partial charge in [0.1, 0.15) is 17.4 Å². The molecule has 0 aliphatic rings. The first-order valence-corrected chi connectivity index (χ1v) is 8.63. The molecule has 0 radical (unpaired) electrons. The highest BCUT2D eigenvalue weighted by Gasteiger charge is 2.09. The number of hydrogen-bond donors (Lipinski definition) is 2. The molecule has 0 aliphatic heterocycles. The Balaban J connectivity index is 1.60. The van der Waals surface area contributed by atoms with Crippen LogP contribution >= 0.6 is 0 Å². The number of pyridine rings is 1. The van der Waals surface area contributed by atoms with E-state index in [1.165, 1.54) is 18.5 Å². The number of halogens is 2. The van der Waals surface area contributed by atoms with E-state index < -0.39 is 11.6 Å². The number of hydrogen-bond acceptors (Lipinski definition) is 4. The van der Waals surface area contributed by atoms with Crippen molar-refractivity contribution in [3.8, 4) is 5.75 Å². The topological polar surface area (TPSA) is 63.2 Å². The summed E-state index contributed by atoms with van der Waals surface area (Å²) in [4.78, 5) is 16.3. The molecule has 0 saturated heterocycles. The number of nitrogens with one attached hydrogen (secondary N) is 2. The van der Waals surface area contributed by atoms with E-state index in [0.29, 0.717) is 24.2 Å². The molecule has 0 fully saturated rings. The second-order valence-electron chi connectivity index (χ2n) is 6.07. The number of carbonyl (C=O) groups excluding carboxylic acids is 1. The maximum atomic E-state index is 13.8. The standard InChI is InChI=1S/C21H19F2N3O2/c1-28-18-4-2-3-14(9-18)7-8-25-21(27)15-10-17(13-24-12-15)26-20-6-5-16(22)11-19(20)23/h2-6,9-13,26H,7-8H2,1H3,(H,25,27). The molecule has 144 valence electrons. The molecule has 28 heavy (non-hydrogen) atoms. The summed E-state index contributed by atoms with van der Waals surface area (Å²) >= 11 is 0. The van der Waals surface area contributed by atoms with E-state index in [1.54, 1.807) is 13.2 Å². The highest BCUT2D eigenvalue weighted by atomic mass is 19.1. The maximum Gasteiger partial charge on any atom is 0.252 e. The minimum Gasteiger partial charge on any atom is -0.497 e. The van der Waals surface area contributed by atoms with Crippen LogP contribution in [0.2, 0.25) is 0 Å². The Labute approximate surface area is 161 Å². The van der Waals surface area contributed by atoms with Crippen molar-refractivity contribution in [3.63, 3.8) is 0 Å². The van der Waals surface area contributed by atoms with Crippen LogP contribution in [0.5, 0.6) is 5.75 Å². The molecular formula is C21H19F2N3O2. The molecule has 3 aromatic rings. The van der Waals surface area contributed by atoms with Crippen molar-refractivity contribution in [2.45, 2.75) is 6.42 Å². The first-order chi connectivity index (χ1) is 13.5. The Morgan fingerprint density at radius 1 is 1.11 bits per heavy atom. The molecule has 1 amide bonds. The molecule has 0 spiro atoms. The summed E-state index contributed by atoms with van der Waals surface area (Å²) in [7, 11) is 1.60. The normalized spacial score (nSPS) is 10.4. The zero-order chi connectivity index (χ0) is 19.9. The van der Waals surface area contributed by atoms with Gasteiger partial charge in [-0.2, -0.15) is 0 Å². The molecule has 5 nitrogen and oxygen atoms in total. The minimum absolute atomic E-state index is 0.0961. The number of carbonyl (C=O) groups is 1. The summed E-state index contributed by atoms with van der Waals surface area (Å²) in [6.45, 7) is 0.441. The highest BCUT2D eigenvalue weighted by molar-refractivity contribution is 5.94. The fourth-order valence-electron chi connectivity index (χ4n) is 2.63. The van der Waals surface area contributed by atoms with Gasteiger partial charge in [0.05, 0.1) is 30.2 Å². The maximum absolute atomic E-state index is 13.8. The van der Waals surface area contributed by atoms with Crippen LogP contribution in [0.4, 0.5) is 20.2 Å². The number of methoxy groups -OCH3 is 1. The number of rotatable bonds is 7. The van der Waals surface area contributed by atoms with Gasteiger partial charge in [0.15, 0.2) is 0 Å². The van der Waals surface area contributed by atoms with E-state index in [-0.39, 0.29) is 11.6 Å². The van der Waals surface area contributed by atoms with Crippen LogP contribution in [0.15, 0.2) is 60.9 Å². The zero-order valence-corrected chi connectivity index (χ0v) is 15.2. The molecule has 0 atom stereocenters. The lowest BCUT2D eigenvalue weighted by Crippen LogP contribution is -2.25. The fraction of sp³-hybridized carbons (Fsp3) is 0.143. The van der Waals surface area contributed by atoms with Gasteiger partial charge in [0.25, 0.3) is 5.91 Å². The molecule has 0 saturated carbocycles. The van der Waals surface area contributed by atoms with Gasteiger partial charge in [0, 0.05) is 18.8 Å². The third-order valence-corrected chi connectivity index (χ3v) is 4.04. The lowest BCUT2D eigenvalue weighted by Gasteiger charge is -2.10. The Bertz CT molecular complexity index is 979. The van der Waals surface area contributed by atoms with E-state index in [1.807, 2.05) is 24.3 Å². The molecule has 2 N–H and O–H groups in total. The van der Waals surface area contributed by atoms with Crippen molar-refractivity contribution in [3.05, 3.63) is 83.7 Å². The molecular weight excluding hydrogens is 364 g/mol. The van der Waals surface area contributed by atoms with Crippen LogP contribution in [-0.2, 0) is 6.42 Å². The minimum atomic E-state index is -0.729. The van der Waals surface area contributed by atoms with E-state index >= 15 is 0 Å². The van der Waals surface area contributed by atoms with Crippen molar-refractivity contribution in [2.75, 3.05) is 19.0 Å². The molecule has 7 heteroatoms. The van der Waals surface area contributed by atoms with Gasteiger partial charge in [-0.15, -0.1) is 0 Å². The summed E-state index contributed by atoms with van der Waals surface area (Å²) in [6.07, 6.45) is 3.53. The van der Waals surface area contributed by atoms with Crippen molar-refractivity contribution in [1.29, 1.82) is 0 Å². The molecule has 0 aliphatic carbocycles. The Kier molecular flexibility index (Phi) is 6.16. The van der Waals surface area contributed by atoms with Crippen molar-refractivity contribution < 1.29 is 18.3 Å². The van der Waals surface area contributed by atoms with Crippen molar-refractivity contribution in [2.24, 2.45) is 0 Å². The quantitative estimate of drug-likeness (QED) is 0.645. The average Bonchev–Trinajstić information content (AvgIpc) is 2.70. The Morgan fingerprint density at radius 2 is 1.96 bits per heavy atom. The average molecular weight is 383 g/mol. The molecule has 1 heterocycles. The van der Waals surface area contributed by atoms with Gasteiger partial charge >= 0.3 is 0 Å². The number of aromatic nitrogens is 1. The van der Waals surface area contributed by atoms with Crippen LogP contribution in [0.1, 0.15) is 15.9 Å². The van der Waals surface area contributed by atoms with Crippen molar-refractivity contribution >= 4 is 17.3 Å². The number of anilines is 2. The zero-order valence-electron chi connectivity index (χ0n) is 15.2. The molecule has 0 unspecified atom stereocenters. The third-order valence-electron chi connectivity index (χ3n) is 4.04. The van der Waals surface area contributed by atoms with Crippen LogP contribution in [0.3, 0.4) is 0 Å². The number of ether oxygens (including phenoxy) is 1. The Morgan fingerprint density at radius 3 is 2.75 bits per heavy atom. The molecule has 1 aromatic heterocycles. The summed E-state index contributed by atoms with van der Waals surface area (Å²) < 4.78 is 31.9. The predicted molar refractivity (Wildman–Crippen MR) is 103 cm³/mol. The summed E-state index contributed by atoms with van der Waals surface area (Å²) in [6, 6.07) is 12.4. The summed E-state index contributed by atoms with van der Waals surface area (Å²) in [5.74, 6) is -0.920. The van der Waals surface area contributed by atoms with Crippen LogP contribution in [0, 0.1) is 11.6 Å². The van der Waals surface area contributed by atoms with Gasteiger partial charge < -0.3 is 15.4 Å². The fourth-order valence-corrected chi connectivity index (χ4v) is 2.63. The SMILES string of the molecule is COc1cccc(CCNC(=O)c2cncc(Nc3ccc(F)cc3F)c2)c1. The van der Waals surface area contributed by atoms with Crippen LogP contribution in [-0.4, -0.2) is 24.5 Å². The van der Waals surface area contributed by atoms with Gasteiger partial charge in [-0.1, -0.05) is 12.1 Å². The number of benzene rings is 2. The van der Waals surface area contributed by atoms with E-state index in [0.717, 1.165) is 23.4 Å². The third kappa shape index (κ3) is 5.03. The largest absolute Gasteiger partial charge is 0.497 e. The molecule has 0 bridgehead atoms. The lowest BCUT2D eigenvalue weighted by molar-refractivity contribution is 0.0954. The highest BCUT2D eigenvalue weighted by Crippen LogP contribution is 2.21. The summed E-state index contributed by atoms with van der Waals surface area (Å²) in [5.41, 5.74) is 1.89. The van der Waals surface area contributed by atoms with E-state index in [4.69, 9.17) is 4.74 Å². The summed E-state index contributed by atoms with van der Waals surface area (Å²) in [5, 5.41) is 5.61. The van der Waals surface area contributed by atoms with Gasteiger partial charge in [-0.3, -0.25) is 9.78 Å². The van der Waals surface area contributed by atoms with Gasteiger partial charge in [0.2, 0.25) is 0 Å². The molecule has 2 aromatic carbocycles. The van der Waals surface area contributed by atoms with Crippen molar-refractivity contribution in [1.82, 2.24) is 10.3 Å². The van der Waals surface area contributed by atoms with Crippen LogP contribution < -0.4 is 15.4 Å². The number of amides is 1. The van der Waals surface area contributed by atoms with Crippen LogP contribution in [0.25, 0.3) is 0 Å².